The van der Waals surface area contributed by atoms with E-state index in [1.807, 2.05) is 11.3 Å². The Morgan fingerprint density at radius 3 is 2.42 bits per heavy atom. The highest BCUT2D eigenvalue weighted by atomic mass is 32.1. The van der Waals surface area contributed by atoms with Crippen LogP contribution in [0.25, 0.3) is 65.2 Å². The fourth-order valence-corrected chi connectivity index (χ4v) is 7.40. The summed E-state index contributed by atoms with van der Waals surface area (Å²) in [5.41, 5.74) is 12.6. The molecule has 0 saturated heterocycles. The van der Waals surface area contributed by atoms with Crippen molar-refractivity contribution in [1.82, 2.24) is 19.9 Å². The number of hydrogen-bond acceptors (Lipinski definition) is 3. The average Bonchev–Trinajstić information content (AvgIpc) is 3.74. The number of rotatable bonds is 4. The molecule has 1 aliphatic carbocycles. The summed E-state index contributed by atoms with van der Waals surface area (Å²) < 4.78 is 1.32. The van der Waals surface area contributed by atoms with Crippen LogP contribution in [-0.2, 0) is 12.8 Å². The molecule has 0 saturated carbocycles. The van der Waals surface area contributed by atoms with Crippen LogP contribution in [0.3, 0.4) is 0 Å². The largest absolute Gasteiger partial charge is 0.342 e. The minimum absolute atomic E-state index is 0.363. The van der Waals surface area contributed by atoms with E-state index in [1.54, 1.807) is 0 Å². The van der Waals surface area contributed by atoms with Crippen LogP contribution >= 0.6 is 11.3 Å². The standard InChI is InChI=1S/C35H32N4S/c1-5-19(4)35-36-29-13-12-24-23-9-6-20(16-22(23)8-11-25(24)30(29)37-35)21-7-10-26-28(17-21)33-27(14-15-40-33)32-31(26)38-34(39-32)18(2)3/h6-7,9-10,12-19H,5,8,11H2,1-4H3,(H,36,37)(H,38,39). The minimum Gasteiger partial charge on any atom is -0.342 e. The number of thiophene rings is 1. The van der Waals surface area contributed by atoms with E-state index in [0.717, 1.165) is 53.0 Å². The van der Waals surface area contributed by atoms with Crippen molar-refractivity contribution in [2.75, 3.05) is 0 Å². The maximum atomic E-state index is 5.06. The molecule has 5 heteroatoms. The van der Waals surface area contributed by atoms with Gasteiger partial charge in [0, 0.05) is 32.7 Å². The maximum absolute atomic E-state index is 5.06. The number of aromatic amines is 2. The van der Waals surface area contributed by atoms with Gasteiger partial charge in [0.05, 0.1) is 22.1 Å². The van der Waals surface area contributed by atoms with Crippen molar-refractivity contribution >= 4 is 54.3 Å². The molecular formula is C35H32N4S. The number of nitrogens with zero attached hydrogens (tertiary/aromatic N) is 2. The molecule has 1 atom stereocenters. The summed E-state index contributed by atoms with van der Waals surface area (Å²) in [6.07, 6.45) is 3.15. The molecule has 3 heterocycles. The Balaban J connectivity index is 1.24. The van der Waals surface area contributed by atoms with E-state index in [0.29, 0.717) is 11.8 Å². The third-order valence-corrected chi connectivity index (χ3v) is 9.90. The van der Waals surface area contributed by atoms with E-state index in [1.165, 1.54) is 54.2 Å². The van der Waals surface area contributed by atoms with Crippen LogP contribution in [0.2, 0.25) is 0 Å². The highest BCUT2D eigenvalue weighted by Gasteiger charge is 2.22. The molecule has 0 fully saturated rings. The Hall–Kier alpha value is -3.96. The van der Waals surface area contributed by atoms with Crippen molar-refractivity contribution < 1.29 is 0 Å². The minimum atomic E-state index is 0.363. The topological polar surface area (TPSA) is 57.4 Å². The number of aromatic nitrogens is 4. The monoisotopic (exact) mass is 540 g/mol. The Morgan fingerprint density at radius 2 is 1.57 bits per heavy atom. The molecule has 1 unspecified atom stereocenters. The van der Waals surface area contributed by atoms with Gasteiger partial charge in [-0.05, 0) is 76.2 Å². The van der Waals surface area contributed by atoms with Gasteiger partial charge in [-0.1, -0.05) is 64.1 Å². The molecule has 0 spiro atoms. The summed E-state index contributed by atoms with van der Waals surface area (Å²) in [4.78, 5) is 17.3. The molecule has 0 amide bonds. The molecule has 3 aromatic heterocycles. The van der Waals surface area contributed by atoms with Crippen molar-refractivity contribution in [3.63, 3.8) is 0 Å². The first kappa shape index (κ1) is 23.9. The SMILES string of the molecule is CCC(C)c1nc2c3c(ccc2[nH]1)-c1ccc(-c2ccc4c(c2)c2sccc2c2nc(C(C)C)[nH]c42)cc1CC3. The summed E-state index contributed by atoms with van der Waals surface area (Å²) in [6.45, 7) is 8.86. The molecular weight excluding hydrogens is 508 g/mol. The molecule has 4 aromatic carbocycles. The van der Waals surface area contributed by atoms with Gasteiger partial charge in [0.1, 0.15) is 11.6 Å². The first-order valence-electron chi connectivity index (χ1n) is 14.5. The Kier molecular flexibility index (Phi) is 5.24. The van der Waals surface area contributed by atoms with Crippen LogP contribution in [0.5, 0.6) is 0 Å². The van der Waals surface area contributed by atoms with Crippen LogP contribution in [0.4, 0.5) is 0 Å². The number of imidazole rings is 2. The molecule has 0 aliphatic heterocycles. The second kappa shape index (κ2) is 8.77. The zero-order valence-corrected chi connectivity index (χ0v) is 24.2. The Labute approximate surface area is 237 Å². The van der Waals surface area contributed by atoms with Crippen molar-refractivity contribution in [1.29, 1.82) is 0 Å². The fraction of sp³-hybridized carbons (Fsp3) is 0.257. The van der Waals surface area contributed by atoms with Gasteiger partial charge in [-0.2, -0.15) is 0 Å². The van der Waals surface area contributed by atoms with E-state index in [2.05, 4.69) is 97.6 Å². The summed E-state index contributed by atoms with van der Waals surface area (Å²) in [6, 6.07) is 20.7. The normalized spacial score (nSPS) is 14.0. The first-order chi connectivity index (χ1) is 19.5. The lowest BCUT2D eigenvalue weighted by Gasteiger charge is -2.21. The summed E-state index contributed by atoms with van der Waals surface area (Å²) in [5, 5.41) is 5.99. The van der Waals surface area contributed by atoms with E-state index < -0.39 is 0 Å². The zero-order valence-electron chi connectivity index (χ0n) is 23.4. The van der Waals surface area contributed by atoms with E-state index in [9.17, 15) is 0 Å². The number of fused-ring (bicyclic) bond motifs is 11. The Morgan fingerprint density at radius 1 is 0.775 bits per heavy atom. The summed E-state index contributed by atoms with van der Waals surface area (Å²) >= 11 is 1.81. The third-order valence-electron chi connectivity index (χ3n) is 8.95. The number of H-pyrrole nitrogens is 2. The molecule has 0 bridgehead atoms. The fourth-order valence-electron chi connectivity index (χ4n) is 6.47. The quantitative estimate of drug-likeness (QED) is 0.233. The van der Waals surface area contributed by atoms with Crippen LogP contribution in [0, 0.1) is 0 Å². The lowest BCUT2D eigenvalue weighted by molar-refractivity contribution is 0.692. The van der Waals surface area contributed by atoms with E-state index in [4.69, 9.17) is 9.97 Å². The smallest absolute Gasteiger partial charge is 0.110 e. The van der Waals surface area contributed by atoms with E-state index in [-0.39, 0.29) is 0 Å². The predicted octanol–water partition coefficient (Wildman–Crippen LogP) is 9.88. The van der Waals surface area contributed by atoms with Crippen molar-refractivity contribution in [2.24, 2.45) is 0 Å². The number of hydrogen-bond donors (Lipinski definition) is 2. The van der Waals surface area contributed by atoms with Crippen LogP contribution < -0.4 is 0 Å². The van der Waals surface area contributed by atoms with Gasteiger partial charge in [0.2, 0.25) is 0 Å². The van der Waals surface area contributed by atoms with Gasteiger partial charge < -0.3 is 9.97 Å². The second-order valence-corrected chi connectivity index (χ2v) is 12.6. The van der Waals surface area contributed by atoms with Crippen LogP contribution in [-0.4, -0.2) is 19.9 Å². The van der Waals surface area contributed by atoms with Crippen molar-refractivity contribution in [2.45, 2.75) is 58.8 Å². The van der Waals surface area contributed by atoms with Crippen LogP contribution in [0.15, 0.2) is 60.0 Å². The number of benzene rings is 4. The third kappa shape index (κ3) is 3.43. The lowest BCUT2D eigenvalue weighted by atomic mass is 9.83. The maximum Gasteiger partial charge on any atom is 0.110 e. The van der Waals surface area contributed by atoms with Crippen molar-refractivity contribution in [3.8, 4) is 22.3 Å². The lowest BCUT2D eigenvalue weighted by Crippen LogP contribution is -2.05. The van der Waals surface area contributed by atoms with E-state index >= 15 is 0 Å². The molecule has 40 heavy (non-hydrogen) atoms. The predicted molar refractivity (Wildman–Crippen MR) is 170 cm³/mol. The molecule has 198 valence electrons. The second-order valence-electron chi connectivity index (χ2n) is 11.7. The highest BCUT2D eigenvalue weighted by Crippen LogP contribution is 2.42. The highest BCUT2D eigenvalue weighted by molar-refractivity contribution is 7.18. The summed E-state index contributed by atoms with van der Waals surface area (Å²) in [7, 11) is 0. The summed E-state index contributed by atoms with van der Waals surface area (Å²) in [5.74, 6) is 2.97. The van der Waals surface area contributed by atoms with Gasteiger partial charge in [-0.15, -0.1) is 11.3 Å². The molecule has 8 rings (SSSR count). The van der Waals surface area contributed by atoms with Gasteiger partial charge in [-0.25, -0.2) is 9.97 Å². The molecule has 4 nitrogen and oxygen atoms in total. The van der Waals surface area contributed by atoms with Gasteiger partial charge in [-0.3, -0.25) is 0 Å². The van der Waals surface area contributed by atoms with Crippen molar-refractivity contribution in [3.05, 3.63) is 82.8 Å². The number of aryl methyl sites for hydroxylation is 2. The molecule has 7 aromatic rings. The van der Waals surface area contributed by atoms with Gasteiger partial charge >= 0.3 is 0 Å². The Bertz CT molecular complexity index is 2110. The average molecular weight is 541 g/mol. The zero-order chi connectivity index (χ0) is 27.1. The molecule has 0 radical (unpaired) electrons. The molecule has 1 aliphatic rings. The van der Waals surface area contributed by atoms with Gasteiger partial charge in [0.15, 0.2) is 0 Å². The molecule has 2 N–H and O–H groups in total. The number of nitrogens with one attached hydrogen (secondary N) is 2. The van der Waals surface area contributed by atoms with Gasteiger partial charge in [0.25, 0.3) is 0 Å². The van der Waals surface area contributed by atoms with Crippen LogP contribution in [0.1, 0.15) is 68.7 Å². The first-order valence-corrected chi connectivity index (χ1v) is 15.4.